The van der Waals surface area contributed by atoms with Crippen molar-refractivity contribution in [3.8, 4) is 0 Å². The molecule has 0 bridgehead atoms. The Hall–Kier alpha value is -1.74. The maximum atomic E-state index is 13.6. The minimum absolute atomic E-state index is 0.0442. The first-order chi connectivity index (χ1) is 8.99. The summed E-state index contributed by atoms with van der Waals surface area (Å²) in [6, 6.07) is 10.3. The quantitative estimate of drug-likeness (QED) is 0.880. The van der Waals surface area contributed by atoms with E-state index in [1.165, 1.54) is 0 Å². The first-order valence-corrected chi connectivity index (χ1v) is 6.22. The molecule has 0 heterocycles. The molecule has 0 aliphatic carbocycles. The van der Waals surface area contributed by atoms with Gasteiger partial charge in [-0.15, -0.1) is 0 Å². The van der Waals surface area contributed by atoms with Crippen LogP contribution in [0.25, 0.3) is 0 Å². The average molecular weight is 262 g/mol. The zero-order valence-electron chi connectivity index (χ0n) is 10.9. The average Bonchev–Trinajstić information content (AvgIpc) is 2.41. The van der Waals surface area contributed by atoms with E-state index in [1.807, 2.05) is 12.1 Å². The molecule has 1 unspecified atom stereocenters. The number of aliphatic hydroxyl groups excluding tert-OH is 1. The summed E-state index contributed by atoms with van der Waals surface area (Å²) in [5.74, 6) is -0.784. The fourth-order valence-corrected chi connectivity index (χ4v) is 1.97. The van der Waals surface area contributed by atoms with Crippen LogP contribution in [0.4, 0.5) is 8.78 Å². The molecule has 1 nitrogen and oxygen atoms in total. The first-order valence-electron chi connectivity index (χ1n) is 6.22. The lowest BCUT2D eigenvalue weighted by atomic mass is 9.97. The van der Waals surface area contributed by atoms with Gasteiger partial charge in [-0.05, 0) is 35.2 Å². The highest BCUT2D eigenvalue weighted by atomic mass is 19.1. The van der Waals surface area contributed by atoms with Crippen LogP contribution in [0.15, 0.2) is 42.5 Å². The molecule has 0 aliphatic rings. The van der Waals surface area contributed by atoms with Gasteiger partial charge in [-0.2, -0.15) is 0 Å². The second-order valence-electron chi connectivity index (χ2n) is 4.89. The summed E-state index contributed by atoms with van der Waals surface area (Å²) in [5.41, 5.74) is 1.64. The minimum atomic E-state index is -1.16. The molecule has 0 saturated carbocycles. The van der Waals surface area contributed by atoms with Crippen molar-refractivity contribution in [3.63, 3.8) is 0 Å². The molecule has 0 radical (unpaired) electrons. The van der Waals surface area contributed by atoms with Gasteiger partial charge in [0, 0.05) is 5.56 Å². The highest BCUT2D eigenvalue weighted by molar-refractivity contribution is 5.33. The van der Waals surface area contributed by atoms with Crippen molar-refractivity contribution in [3.05, 3.63) is 70.8 Å². The van der Waals surface area contributed by atoms with Crippen LogP contribution in [-0.4, -0.2) is 5.11 Å². The summed E-state index contributed by atoms with van der Waals surface area (Å²) in [4.78, 5) is 0. The number of rotatable bonds is 3. The molecule has 2 rings (SSSR count). The molecule has 100 valence electrons. The Kier molecular flexibility index (Phi) is 3.96. The minimum Gasteiger partial charge on any atom is -0.384 e. The lowest BCUT2D eigenvalue weighted by Crippen LogP contribution is -2.03. The second kappa shape index (κ2) is 5.49. The van der Waals surface area contributed by atoms with Crippen molar-refractivity contribution in [2.24, 2.45) is 0 Å². The van der Waals surface area contributed by atoms with Crippen molar-refractivity contribution >= 4 is 0 Å². The van der Waals surface area contributed by atoms with Gasteiger partial charge in [0.2, 0.25) is 0 Å². The number of hydrogen-bond acceptors (Lipinski definition) is 1. The molecular weight excluding hydrogens is 246 g/mol. The summed E-state index contributed by atoms with van der Waals surface area (Å²) in [5, 5.41) is 10.1. The summed E-state index contributed by atoms with van der Waals surface area (Å²) in [7, 11) is 0. The molecule has 1 N–H and O–H groups in total. The van der Waals surface area contributed by atoms with Crippen molar-refractivity contribution in [2.75, 3.05) is 0 Å². The summed E-state index contributed by atoms with van der Waals surface area (Å²) in [6.45, 7) is 4.13. The lowest BCUT2D eigenvalue weighted by Gasteiger charge is -2.14. The molecule has 19 heavy (non-hydrogen) atoms. The molecular formula is C16H16F2O. The van der Waals surface area contributed by atoms with E-state index in [0.717, 1.165) is 23.8 Å². The van der Waals surface area contributed by atoms with Crippen LogP contribution >= 0.6 is 0 Å². The van der Waals surface area contributed by atoms with E-state index in [1.54, 1.807) is 12.1 Å². The summed E-state index contributed by atoms with van der Waals surface area (Å²) in [6.07, 6.45) is -1.16. The molecule has 0 spiro atoms. The third kappa shape index (κ3) is 2.99. The monoisotopic (exact) mass is 262 g/mol. The Morgan fingerprint density at radius 2 is 1.47 bits per heavy atom. The number of benzene rings is 2. The fraction of sp³-hybridized carbons (Fsp3) is 0.250. The van der Waals surface area contributed by atoms with Gasteiger partial charge in [0.25, 0.3) is 0 Å². The van der Waals surface area contributed by atoms with Crippen LogP contribution < -0.4 is 0 Å². The number of aliphatic hydroxyl groups is 1. The van der Waals surface area contributed by atoms with Gasteiger partial charge in [-0.3, -0.25) is 0 Å². The molecule has 3 heteroatoms. The maximum Gasteiger partial charge on any atom is 0.129 e. The molecule has 0 aromatic heterocycles. The Bertz CT molecular complexity index is 561. The van der Waals surface area contributed by atoms with E-state index in [4.69, 9.17) is 0 Å². The summed E-state index contributed by atoms with van der Waals surface area (Å²) < 4.78 is 26.7. The van der Waals surface area contributed by atoms with Crippen LogP contribution in [0.3, 0.4) is 0 Å². The Morgan fingerprint density at radius 3 is 2.05 bits per heavy atom. The van der Waals surface area contributed by atoms with Gasteiger partial charge in [-0.1, -0.05) is 38.1 Å². The zero-order chi connectivity index (χ0) is 14.0. The predicted octanol–water partition coefficient (Wildman–Crippen LogP) is 4.17. The van der Waals surface area contributed by atoms with Gasteiger partial charge < -0.3 is 5.11 Å². The van der Waals surface area contributed by atoms with Gasteiger partial charge in [0.05, 0.1) is 0 Å². The third-order valence-corrected chi connectivity index (χ3v) is 3.17. The zero-order valence-corrected chi connectivity index (χ0v) is 10.9. The maximum absolute atomic E-state index is 13.6. The van der Waals surface area contributed by atoms with E-state index >= 15 is 0 Å². The van der Waals surface area contributed by atoms with Gasteiger partial charge in [0.1, 0.15) is 17.7 Å². The first kappa shape index (κ1) is 13.7. The Labute approximate surface area is 111 Å². The van der Waals surface area contributed by atoms with Crippen LogP contribution in [0, 0.1) is 11.6 Å². The van der Waals surface area contributed by atoms with Crippen molar-refractivity contribution < 1.29 is 13.9 Å². The third-order valence-electron chi connectivity index (χ3n) is 3.17. The van der Waals surface area contributed by atoms with E-state index in [2.05, 4.69) is 13.8 Å². The highest BCUT2D eigenvalue weighted by Crippen LogP contribution is 2.26. The van der Waals surface area contributed by atoms with Crippen LogP contribution in [-0.2, 0) is 0 Å². The molecule has 0 aliphatic heterocycles. The molecule has 2 aromatic carbocycles. The van der Waals surface area contributed by atoms with Crippen molar-refractivity contribution in [1.29, 1.82) is 0 Å². The van der Waals surface area contributed by atoms with Crippen molar-refractivity contribution in [2.45, 2.75) is 25.9 Å². The Balaban J connectivity index is 2.33. The lowest BCUT2D eigenvalue weighted by molar-refractivity contribution is 0.214. The molecule has 0 saturated heterocycles. The van der Waals surface area contributed by atoms with E-state index < -0.39 is 17.7 Å². The van der Waals surface area contributed by atoms with E-state index in [0.29, 0.717) is 11.5 Å². The predicted molar refractivity (Wildman–Crippen MR) is 71.0 cm³/mol. The normalized spacial score (nSPS) is 12.7. The molecule has 2 aromatic rings. The van der Waals surface area contributed by atoms with Crippen LogP contribution in [0.2, 0.25) is 0 Å². The van der Waals surface area contributed by atoms with Gasteiger partial charge >= 0.3 is 0 Å². The van der Waals surface area contributed by atoms with Crippen LogP contribution in [0.5, 0.6) is 0 Å². The van der Waals surface area contributed by atoms with E-state index in [9.17, 15) is 13.9 Å². The molecule has 0 fully saturated rings. The smallest absolute Gasteiger partial charge is 0.129 e. The standard InChI is InChI=1S/C16H16F2O/c1-10(2)11-3-5-12(6-4-11)16(19)14-9-13(17)7-8-15(14)18/h3-10,16,19H,1-2H3. The van der Waals surface area contributed by atoms with Crippen molar-refractivity contribution in [1.82, 2.24) is 0 Å². The number of hydrogen-bond donors (Lipinski definition) is 1. The Morgan fingerprint density at radius 1 is 0.895 bits per heavy atom. The van der Waals surface area contributed by atoms with Gasteiger partial charge in [0.15, 0.2) is 0 Å². The molecule has 1 atom stereocenters. The second-order valence-corrected chi connectivity index (χ2v) is 4.89. The topological polar surface area (TPSA) is 20.2 Å². The largest absolute Gasteiger partial charge is 0.384 e. The van der Waals surface area contributed by atoms with E-state index in [-0.39, 0.29) is 5.56 Å². The highest BCUT2D eigenvalue weighted by Gasteiger charge is 2.16. The summed E-state index contributed by atoms with van der Waals surface area (Å²) >= 11 is 0. The fourth-order valence-electron chi connectivity index (χ4n) is 1.97. The number of halogens is 2. The molecule has 0 amide bonds. The van der Waals surface area contributed by atoms with Crippen LogP contribution in [0.1, 0.15) is 42.6 Å². The SMILES string of the molecule is CC(C)c1ccc(C(O)c2cc(F)ccc2F)cc1. The van der Waals surface area contributed by atoms with Gasteiger partial charge in [-0.25, -0.2) is 8.78 Å².